The van der Waals surface area contributed by atoms with Crippen LogP contribution in [-0.2, 0) is 26.6 Å². The molecule has 1 saturated carbocycles. The SMILES string of the molecule is CC/C=C/[C@](CN1CCN(CC)CC1)(OCC)[C@@H]1CC[C@H]1CN1C[C@@]2(CCCc3cc(Cl)ccc32)COc2ccc(C(=O)NS(=O)(=O)C(C)C)cc21. The number of carbonyl (C=O) groups is 1. The van der Waals surface area contributed by atoms with E-state index in [0.29, 0.717) is 36.4 Å². The Bertz CT molecular complexity index is 1710. The van der Waals surface area contributed by atoms with Gasteiger partial charge in [-0.05, 0) is 119 Å². The first kappa shape index (κ1) is 39.1. The van der Waals surface area contributed by atoms with Gasteiger partial charge in [-0.25, -0.2) is 13.1 Å². The van der Waals surface area contributed by atoms with Gasteiger partial charge >= 0.3 is 0 Å². The number of likely N-dealkylation sites (N-methyl/N-ethyl adjacent to an activating group) is 1. The molecule has 4 atom stereocenters. The third-order valence-electron chi connectivity index (χ3n) is 12.1. The minimum atomic E-state index is -3.80. The molecule has 0 aromatic heterocycles. The van der Waals surface area contributed by atoms with Crippen molar-refractivity contribution in [2.45, 2.75) is 89.4 Å². The first-order chi connectivity index (χ1) is 24.9. The number of benzene rings is 2. The van der Waals surface area contributed by atoms with Crippen LogP contribution in [0.2, 0.25) is 5.02 Å². The van der Waals surface area contributed by atoms with E-state index in [-0.39, 0.29) is 5.41 Å². The van der Waals surface area contributed by atoms with E-state index in [9.17, 15) is 13.2 Å². The standard InChI is InChI=1S/C41H59ClN4O5S/c1-6-9-19-41(51-8-3,28-45-22-20-44(7-2)21-23-45)36-15-12-33(36)26-46-27-40(18-10-11-31-24-34(42)14-16-35(31)40)29-50-38-17-13-32(25-37(38)46)39(47)43-52(48,49)30(4)5/h9,13-14,16-17,19,24-25,30,33,36H,6-8,10-12,15,18,20-23,26-29H2,1-5H3,(H,43,47)/b19-9+/t33-,36+,40-,41+/m0/s1. The fourth-order valence-electron chi connectivity index (χ4n) is 8.97. The van der Waals surface area contributed by atoms with Gasteiger partial charge in [-0.15, -0.1) is 0 Å². The van der Waals surface area contributed by atoms with Crippen molar-refractivity contribution in [1.82, 2.24) is 14.5 Å². The zero-order chi connectivity index (χ0) is 37.1. The predicted molar refractivity (Wildman–Crippen MR) is 210 cm³/mol. The summed E-state index contributed by atoms with van der Waals surface area (Å²) in [5.74, 6) is 0.758. The third-order valence-corrected chi connectivity index (χ3v) is 14.0. The van der Waals surface area contributed by atoms with E-state index in [1.54, 1.807) is 19.9 Å². The van der Waals surface area contributed by atoms with E-state index < -0.39 is 26.8 Å². The Hall–Kier alpha value is -2.63. The number of nitrogens with one attached hydrogen (secondary N) is 1. The highest BCUT2D eigenvalue weighted by molar-refractivity contribution is 7.90. The van der Waals surface area contributed by atoms with Gasteiger partial charge in [-0.2, -0.15) is 0 Å². The summed E-state index contributed by atoms with van der Waals surface area (Å²) >= 11 is 6.50. The number of nitrogens with zero attached hydrogens (tertiary/aromatic N) is 3. The molecule has 52 heavy (non-hydrogen) atoms. The van der Waals surface area contributed by atoms with Crippen LogP contribution in [0.4, 0.5) is 5.69 Å². The highest BCUT2D eigenvalue weighted by Gasteiger charge is 2.50. The molecule has 9 nitrogen and oxygen atoms in total. The largest absolute Gasteiger partial charge is 0.490 e. The van der Waals surface area contributed by atoms with Gasteiger partial charge in [-0.1, -0.05) is 43.7 Å². The van der Waals surface area contributed by atoms with E-state index >= 15 is 0 Å². The van der Waals surface area contributed by atoms with Gasteiger partial charge in [0.1, 0.15) is 11.4 Å². The smallest absolute Gasteiger partial charge is 0.264 e. The monoisotopic (exact) mass is 754 g/mol. The summed E-state index contributed by atoms with van der Waals surface area (Å²) in [6, 6.07) is 11.6. The molecule has 2 heterocycles. The molecule has 2 aromatic rings. The Balaban J connectivity index is 1.36. The fourth-order valence-corrected chi connectivity index (χ4v) is 9.78. The molecule has 1 spiro atoms. The zero-order valence-electron chi connectivity index (χ0n) is 31.8. The van der Waals surface area contributed by atoms with Gasteiger partial charge in [0.2, 0.25) is 10.0 Å². The second kappa shape index (κ2) is 16.4. The van der Waals surface area contributed by atoms with E-state index in [4.69, 9.17) is 21.1 Å². The van der Waals surface area contributed by atoms with Crippen molar-refractivity contribution in [3.8, 4) is 5.75 Å². The topological polar surface area (TPSA) is 91.4 Å². The molecule has 2 aliphatic carbocycles. The number of allylic oxidation sites excluding steroid dienone is 1. The van der Waals surface area contributed by atoms with E-state index in [1.807, 2.05) is 18.2 Å². The van der Waals surface area contributed by atoms with Crippen LogP contribution in [0.25, 0.3) is 0 Å². The number of amides is 1. The van der Waals surface area contributed by atoms with Crippen molar-refractivity contribution in [3.05, 3.63) is 70.3 Å². The number of rotatable bonds is 13. The maximum absolute atomic E-state index is 13.4. The number of piperazine rings is 1. The molecule has 1 N–H and O–H groups in total. The maximum atomic E-state index is 13.4. The van der Waals surface area contributed by atoms with Gasteiger partial charge in [0.05, 0.1) is 17.5 Å². The lowest BCUT2D eigenvalue weighted by atomic mass is 9.63. The highest BCUT2D eigenvalue weighted by atomic mass is 35.5. The van der Waals surface area contributed by atoms with Crippen molar-refractivity contribution in [2.75, 3.05) is 70.5 Å². The Morgan fingerprint density at radius 2 is 1.87 bits per heavy atom. The molecule has 0 bridgehead atoms. The minimum Gasteiger partial charge on any atom is -0.490 e. The number of halogens is 1. The molecule has 1 saturated heterocycles. The fraction of sp³-hybridized carbons (Fsp3) is 0.634. The van der Waals surface area contributed by atoms with Gasteiger partial charge in [-0.3, -0.25) is 9.69 Å². The molecular weight excluding hydrogens is 696 g/mol. The third kappa shape index (κ3) is 8.21. The summed E-state index contributed by atoms with van der Waals surface area (Å²) in [6.07, 6.45) is 10.8. The lowest BCUT2D eigenvalue weighted by Crippen LogP contribution is -2.59. The van der Waals surface area contributed by atoms with Crippen LogP contribution in [0.15, 0.2) is 48.6 Å². The van der Waals surface area contributed by atoms with Crippen molar-refractivity contribution in [2.24, 2.45) is 11.8 Å². The summed E-state index contributed by atoms with van der Waals surface area (Å²) in [5.41, 5.74) is 3.03. The van der Waals surface area contributed by atoms with Crippen molar-refractivity contribution in [1.29, 1.82) is 0 Å². The van der Waals surface area contributed by atoms with Gasteiger partial charge in [0.25, 0.3) is 5.91 Å². The predicted octanol–water partition coefficient (Wildman–Crippen LogP) is 6.69. The minimum absolute atomic E-state index is 0.266. The van der Waals surface area contributed by atoms with Crippen LogP contribution in [0.1, 0.15) is 88.2 Å². The Kier molecular flexibility index (Phi) is 12.3. The summed E-state index contributed by atoms with van der Waals surface area (Å²) in [5, 5.41) is 0.0218. The van der Waals surface area contributed by atoms with Crippen molar-refractivity contribution in [3.63, 3.8) is 0 Å². The molecule has 4 aliphatic rings. The number of aryl methyl sites for hydroxylation is 1. The number of fused-ring (bicyclic) bond motifs is 3. The molecule has 0 radical (unpaired) electrons. The van der Waals surface area contributed by atoms with E-state index in [0.717, 1.165) is 102 Å². The maximum Gasteiger partial charge on any atom is 0.264 e. The molecule has 2 fully saturated rings. The zero-order valence-corrected chi connectivity index (χ0v) is 33.4. The van der Waals surface area contributed by atoms with Crippen LogP contribution < -0.4 is 14.4 Å². The van der Waals surface area contributed by atoms with Crippen LogP contribution in [-0.4, -0.2) is 101 Å². The molecule has 0 unspecified atom stereocenters. The summed E-state index contributed by atoms with van der Waals surface area (Å²) < 4.78 is 41.2. The second-order valence-corrected chi connectivity index (χ2v) is 18.3. The van der Waals surface area contributed by atoms with Gasteiger partial charge in [0, 0.05) is 68.4 Å². The first-order valence-corrected chi connectivity index (χ1v) is 21.5. The number of ether oxygens (including phenoxy) is 2. The average Bonchev–Trinajstić information content (AvgIpc) is 3.26. The number of anilines is 1. The molecule has 1 amide bonds. The molecule has 2 aliphatic heterocycles. The molecular formula is C41H59ClN4O5S. The molecule has 286 valence electrons. The Labute approximate surface area is 317 Å². The Morgan fingerprint density at radius 3 is 2.54 bits per heavy atom. The van der Waals surface area contributed by atoms with E-state index in [2.05, 4.69) is 64.5 Å². The van der Waals surface area contributed by atoms with Gasteiger partial charge < -0.3 is 19.3 Å². The lowest BCUT2D eigenvalue weighted by molar-refractivity contribution is -0.112. The van der Waals surface area contributed by atoms with Crippen molar-refractivity contribution < 1.29 is 22.7 Å². The number of sulfonamides is 1. The second-order valence-electron chi connectivity index (χ2n) is 15.7. The summed E-state index contributed by atoms with van der Waals surface area (Å²) in [7, 11) is -3.80. The van der Waals surface area contributed by atoms with E-state index in [1.165, 1.54) is 11.1 Å². The number of hydrogen-bond acceptors (Lipinski definition) is 8. The normalized spacial score (nSPS) is 25.2. The van der Waals surface area contributed by atoms with Crippen LogP contribution in [0, 0.1) is 11.8 Å². The molecule has 6 rings (SSSR count). The van der Waals surface area contributed by atoms with Crippen molar-refractivity contribution >= 4 is 33.2 Å². The summed E-state index contributed by atoms with van der Waals surface area (Å²) in [6.45, 7) is 18.5. The molecule has 11 heteroatoms. The first-order valence-electron chi connectivity index (χ1n) is 19.6. The highest BCUT2D eigenvalue weighted by Crippen LogP contribution is 2.49. The Morgan fingerprint density at radius 1 is 1.10 bits per heavy atom. The van der Waals surface area contributed by atoms with Gasteiger partial charge in [0.15, 0.2) is 0 Å². The molecule has 2 aromatic carbocycles. The lowest BCUT2D eigenvalue weighted by Gasteiger charge is -2.52. The van der Waals surface area contributed by atoms with Crippen LogP contribution >= 0.6 is 11.6 Å². The average molecular weight is 755 g/mol. The number of carbonyl (C=O) groups excluding carboxylic acids is 1. The van der Waals surface area contributed by atoms with Crippen LogP contribution in [0.5, 0.6) is 5.75 Å². The summed E-state index contributed by atoms with van der Waals surface area (Å²) in [4.78, 5) is 21.0. The number of hydrogen-bond donors (Lipinski definition) is 1. The van der Waals surface area contributed by atoms with Crippen LogP contribution in [0.3, 0.4) is 0 Å². The quantitative estimate of drug-likeness (QED) is 0.227.